The summed E-state index contributed by atoms with van der Waals surface area (Å²) in [6.45, 7) is 7.26. The minimum absolute atomic E-state index is 0.0206. The van der Waals surface area contributed by atoms with Crippen molar-refractivity contribution in [3.8, 4) is 0 Å². The summed E-state index contributed by atoms with van der Waals surface area (Å²) in [6, 6.07) is 9.74. The molecule has 3 rings (SSSR count). The van der Waals surface area contributed by atoms with Gasteiger partial charge in [-0.1, -0.05) is 24.3 Å². The average molecular weight is 370 g/mol. The topological polar surface area (TPSA) is 47.1 Å². The molecule has 0 unspecified atom stereocenters. The van der Waals surface area contributed by atoms with Crippen molar-refractivity contribution in [1.29, 1.82) is 0 Å². The lowest BCUT2D eigenvalue weighted by Crippen LogP contribution is -2.63. The SMILES string of the molecule is C=CCN1CC[C@@]2(CCC1=O)CN(C(=O)N(C)c1ccccc1)CCN2C. The van der Waals surface area contributed by atoms with Crippen LogP contribution < -0.4 is 4.90 Å². The normalized spacial score (nSPS) is 24.0. The van der Waals surface area contributed by atoms with Crippen LogP contribution in [0.15, 0.2) is 43.0 Å². The number of amides is 3. The molecule has 146 valence electrons. The molecule has 0 radical (unpaired) electrons. The minimum atomic E-state index is -0.142. The molecule has 1 spiro atoms. The Morgan fingerprint density at radius 3 is 2.67 bits per heavy atom. The molecule has 6 nitrogen and oxygen atoms in total. The fourth-order valence-corrected chi connectivity index (χ4v) is 4.18. The van der Waals surface area contributed by atoms with Gasteiger partial charge in [0.2, 0.25) is 5.91 Å². The number of rotatable bonds is 3. The molecule has 3 amide bonds. The van der Waals surface area contributed by atoms with Gasteiger partial charge in [-0.2, -0.15) is 0 Å². The van der Waals surface area contributed by atoms with Gasteiger partial charge in [-0.15, -0.1) is 6.58 Å². The third-order valence-corrected chi connectivity index (χ3v) is 6.05. The van der Waals surface area contributed by atoms with E-state index in [0.717, 1.165) is 25.1 Å². The number of benzene rings is 1. The quantitative estimate of drug-likeness (QED) is 0.768. The predicted molar refractivity (Wildman–Crippen MR) is 108 cm³/mol. The Kier molecular flexibility index (Phi) is 5.85. The lowest BCUT2D eigenvalue weighted by molar-refractivity contribution is -0.130. The van der Waals surface area contributed by atoms with Gasteiger partial charge < -0.3 is 9.80 Å². The molecule has 0 saturated carbocycles. The highest BCUT2D eigenvalue weighted by molar-refractivity contribution is 5.91. The molecule has 2 heterocycles. The molecular formula is C21H30N4O2. The molecule has 0 aromatic heterocycles. The molecular weight excluding hydrogens is 340 g/mol. The number of carbonyl (C=O) groups is 2. The highest BCUT2D eigenvalue weighted by Crippen LogP contribution is 2.32. The highest BCUT2D eigenvalue weighted by Gasteiger charge is 2.43. The van der Waals surface area contributed by atoms with Gasteiger partial charge in [0.25, 0.3) is 0 Å². The van der Waals surface area contributed by atoms with Crippen molar-refractivity contribution in [1.82, 2.24) is 14.7 Å². The van der Waals surface area contributed by atoms with Gasteiger partial charge >= 0.3 is 6.03 Å². The second kappa shape index (κ2) is 8.13. The largest absolute Gasteiger partial charge is 0.339 e. The van der Waals surface area contributed by atoms with Gasteiger partial charge in [-0.05, 0) is 32.0 Å². The van der Waals surface area contributed by atoms with Gasteiger partial charge in [0.05, 0.1) is 0 Å². The number of piperazine rings is 1. The number of likely N-dealkylation sites (tertiary alicyclic amines) is 1. The van der Waals surface area contributed by atoms with Crippen molar-refractivity contribution in [3.05, 3.63) is 43.0 Å². The van der Waals surface area contributed by atoms with E-state index in [4.69, 9.17) is 0 Å². The van der Waals surface area contributed by atoms with Gasteiger partial charge in [-0.25, -0.2) is 4.79 Å². The van der Waals surface area contributed by atoms with E-state index in [9.17, 15) is 9.59 Å². The standard InChI is InChI=1S/C21H30N4O2/c1-4-13-24-14-12-21(11-10-19(24)26)17-25(16-15-22(21)2)20(27)23(3)18-8-6-5-7-9-18/h4-9H,1,10-17H2,2-3H3/t21-/m0/s1. The second-order valence-electron chi connectivity index (χ2n) is 7.62. The van der Waals surface area contributed by atoms with Crippen LogP contribution in [0.3, 0.4) is 0 Å². The van der Waals surface area contributed by atoms with E-state index in [1.165, 1.54) is 0 Å². The van der Waals surface area contributed by atoms with Gasteiger partial charge in [0, 0.05) is 57.4 Å². The highest BCUT2D eigenvalue weighted by atomic mass is 16.2. The van der Waals surface area contributed by atoms with Crippen LogP contribution >= 0.6 is 0 Å². The lowest BCUT2D eigenvalue weighted by Gasteiger charge is -2.49. The van der Waals surface area contributed by atoms with Crippen LogP contribution in [-0.2, 0) is 4.79 Å². The molecule has 6 heteroatoms. The van der Waals surface area contributed by atoms with Crippen LogP contribution in [0, 0.1) is 0 Å². The van der Waals surface area contributed by atoms with Crippen molar-refractivity contribution in [2.24, 2.45) is 0 Å². The Balaban J connectivity index is 1.74. The summed E-state index contributed by atoms with van der Waals surface area (Å²) in [4.78, 5) is 33.4. The maximum atomic E-state index is 13.1. The van der Waals surface area contributed by atoms with E-state index in [2.05, 4.69) is 18.5 Å². The number of hydrogen-bond donors (Lipinski definition) is 0. The summed E-state index contributed by atoms with van der Waals surface area (Å²) in [7, 11) is 3.95. The Hall–Kier alpha value is -2.34. The fourth-order valence-electron chi connectivity index (χ4n) is 4.18. The van der Waals surface area contributed by atoms with E-state index in [0.29, 0.717) is 32.6 Å². The third-order valence-electron chi connectivity index (χ3n) is 6.05. The fraction of sp³-hybridized carbons (Fsp3) is 0.524. The molecule has 0 bridgehead atoms. The number of hydrogen-bond acceptors (Lipinski definition) is 3. The molecule has 27 heavy (non-hydrogen) atoms. The van der Waals surface area contributed by atoms with Gasteiger partial charge in [0.1, 0.15) is 0 Å². The molecule has 2 aliphatic rings. The average Bonchev–Trinajstić information content (AvgIpc) is 2.85. The smallest absolute Gasteiger partial charge is 0.324 e. The van der Waals surface area contributed by atoms with Crippen LogP contribution in [0.25, 0.3) is 0 Å². The van der Waals surface area contributed by atoms with Crippen molar-refractivity contribution in [2.75, 3.05) is 51.7 Å². The Morgan fingerprint density at radius 2 is 1.96 bits per heavy atom. The molecule has 0 N–H and O–H groups in total. The summed E-state index contributed by atoms with van der Waals surface area (Å²) in [5.74, 6) is 0.185. The molecule has 1 aromatic rings. The van der Waals surface area contributed by atoms with E-state index in [-0.39, 0.29) is 17.5 Å². The van der Waals surface area contributed by atoms with E-state index >= 15 is 0 Å². The predicted octanol–water partition coefficient (Wildman–Crippen LogP) is 2.43. The van der Waals surface area contributed by atoms with E-state index < -0.39 is 0 Å². The van der Waals surface area contributed by atoms with Crippen LogP contribution in [0.5, 0.6) is 0 Å². The number of urea groups is 1. The Morgan fingerprint density at radius 1 is 1.22 bits per heavy atom. The van der Waals surface area contributed by atoms with Crippen LogP contribution in [0.1, 0.15) is 19.3 Å². The first-order valence-corrected chi connectivity index (χ1v) is 9.64. The first-order chi connectivity index (χ1) is 13.0. The number of nitrogens with zero attached hydrogens (tertiary/aromatic N) is 4. The third kappa shape index (κ3) is 4.00. The van der Waals surface area contributed by atoms with Crippen LogP contribution in [0.4, 0.5) is 10.5 Å². The van der Waals surface area contributed by atoms with Crippen molar-refractivity contribution >= 4 is 17.6 Å². The first-order valence-electron chi connectivity index (χ1n) is 9.64. The van der Waals surface area contributed by atoms with Gasteiger partial charge in [-0.3, -0.25) is 14.6 Å². The maximum absolute atomic E-state index is 13.1. The van der Waals surface area contributed by atoms with Crippen molar-refractivity contribution in [3.63, 3.8) is 0 Å². The van der Waals surface area contributed by atoms with Crippen molar-refractivity contribution in [2.45, 2.75) is 24.8 Å². The number of likely N-dealkylation sites (N-methyl/N-ethyl adjacent to an activating group) is 1. The zero-order chi connectivity index (χ0) is 19.4. The number of para-hydroxylation sites is 1. The summed E-state index contributed by atoms with van der Waals surface area (Å²) >= 11 is 0. The summed E-state index contributed by atoms with van der Waals surface area (Å²) < 4.78 is 0. The minimum Gasteiger partial charge on any atom is -0.339 e. The first kappa shape index (κ1) is 19.4. The molecule has 0 aliphatic carbocycles. The van der Waals surface area contributed by atoms with Crippen LogP contribution in [-0.4, -0.2) is 79.0 Å². The monoisotopic (exact) mass is 370 g/mol. The maximum Gasteiger partial charge on any atom is 0.324 e. The summed E-state index contributed by atoms with van der Waals surface area (Å²) in [6.07, 6.45) is 3.97. The van der Waals surface area contributed by atoms with E-state index in [1.54, 1.807) is 11.0 Å². The molecule has 2 fully saturated rings. The van der Waals surface area contributed by atoms with Crippen LogP contribution in [0.2, 0.25) is 0 Å². The second-order valence-corrected chi connectivity index (χ2v) is 7.62. The lowest BCUT2D eigenvalue weighted by atomic mass is 9.86. The Bertz CT molecular complexity index is 693. The zero-order valence-corrected chi connectivity index (χ0v) is 16.4. The van der Waals surface area contributed by atoms with Gasteiger partial charge in [0.15, 0.2) is 0 Å². The van der Waals surface area contributed by atoms with Crippen molar-refractivity contribution < 1.29 is 9.59 Å². The summed E-state index contributed by atoms with van der Waals surface area (Å²) in [5, 5.41) is 0. The molecule has 2 aliphatic heterocycles. The van der Waals surface area contributed by atoms with E-state index in [1.807, 2.05) is 47.2 Å². The number of carbonyl (C=O) groups excluding carboxylic acids is 2. The number of anilines is 1. The summed E-state index contributed by atoms with van der Waals surface area (Å²) in [5.41, 5.74) is 0.750. The zero-order valence-electron chi connectivity index (χ0n) is 16.4. The molecule has 1 atom stereocenters. The molecule has 1 aromatic carbocycles. The Labute approximate surface area is 162 Å². The molecule has 2 saturated heterocycles.